The molecule has 23 heavy (non-hydrogen) atoms. The zero-order valence-electron chi connectivity index (χ0n) is 14.2. The second-order valence-corrected chi connectivity index (χ2v) is 6.29. The van der Waals surface area contributed by atoms with Gasteiger partial charge in [0.25, 0.3) is 0 Å². The van der Waals surface area contributed by atoms with E-state index in [1.54, 1.807) is 6.92 Å². The van der Waals surface area contributed by atoms with Crippen molar-refractivity contribution >= 4 is 11.8 Å². The maximum Gasteiger partial charge on any atom is 0.407 e. The van der Waals surface area contributed by atoms with E-state index in [-0.39, 0.29) is 24.5 Å². The fourth-order valence-electron chi connectivity index (χ4n) is 1.79. The van der Waals surface area contributed by atoms with E-state index in [9.17, 15) is 9.18 Å². The molecule has 0 radical (unpaired) electrons. The quantitative estimate of drug-likeness (QED) is 0.785. The third-order valence-electron chi connectivity index (χ3n) is 2.79. The van der Waals surface area contributed by atoms with E-state index in [4.69, 9.17) is 19.9 Å². The number of benzene rings is 1. The molecule has 0 fully saturated rings. The average Bonchev–Trinajstić information content (AvgIpc) is 2.39. The second kappa shape index (κ2) is 8.01. The molecular formula is C16H25FN2O4. The van der Waals surface area contributed by atoms with Crippen LogP contribution in [0, 0.1) is 5.82 Å². The molecule has 0 aromatic heterocycles. The van der Waals surface area contributed by atoms with Crippen LogP contribution in [0.1, 0.15) is 33.3 Å². The Morgan fingerprint density at radius 1 is 1.39 bits per heavy atom. The van der Waals surface area contributed by atoms with E-state index >= 15 is 0 Å². The van der Waals surface area contributed by atoms with Gasteiger partial charge in [0, 0.05) is 17.2 Å². The van der Waals surface area contributed by atoms with Crippen LogP contribution in [0.25, 0.3) is 0 Å². The molecule has 0 unspecified atom stereocenters. The Kier molecular flexibility index (Phi) is 6.62. The summed E-state index contributed by atoms with van der Waals surface area (Å²) in [5.41, 5.74) is 6.01. The molecule has 1 rings (SSSR count). The van der Waals surface area contributed by atoms with Gasteiger partial charge < -0.3 is 25.3 Å². The van der Waals surface area contributed by atoms with E-state index in [0.29, 0.717) is 11.3 Å². The van der Waals surface area contributed by atoms with Crippen LogP contribution in [-0.4, -0.2) is 31.5 Å². The van der Waals surface area contributed by atoms with Crippen LogP contribution in [0.3, 0.4) is 0 Å². The van der Waals surface area contributed by atoms with E-state index in [2.05, 4.69) is 5.32 Å². The summed E-state index contributed by atoms with van der Waals surface area (Å²) in [6, 6.07) is 2.68. The smallest absolute Gasteiger partial charge is 0.407 e. The third-order valence-corrected chi connectivity index (χ3v) is 2.79. The molecule has 1 aromatic carbocycles. The van der Waals surface area contributed by atoms with Gasteiger partial charge in [-0.3, -0.25) is 0 Å². The summed E-state index contributed by atoms with van der Waals surface area (Å²) in [4.78, 5) is 11.6. The van der Waals surface area contributed by atoms with Crippen LogP contribution in [0.2, 0.25) is 0 Å². The lowest BCUT2D eigenvalue weighted by atomic mass is 10.1. The van der Waals surface area contributed by atoms with Crippen LogP contribution in [0.5, 0.6) is 5.75 Å². The molecule has 0 saturated heterocycles. The van der Waals surface area contributed by atoms with E-state index < -0.39 is 18.0 Å². The predicted molar refractivity (Wildman–Crippen MR) is 85.9 cm³/mol. The molecule has 1 amide bonds. The zero-order chi connectivity index (χ0) is 17.6. The van der Waals surface area contributed by atoms with Crippen molar-refractivity contribution in [2.75, 3.05) is 19.5 Å². The molecule has 6 nitrogen and oxygen atoms in total. The predicted octanol–water partition coefficient (Wildman–Crippen LogP) is 2.85. The number of rotatable bonds is 6. The number of hydrogen-bond donors (Lipinski definition) is 2. The minimum atomic E-state index is -0.520. The summed E-state index contributed by atoms with van der Waals surface area (Å²) in [5, 5.41) is 2.68. The lowest BCUT2D eigenvalue weighted by molar-refractivity contribution is 0.0190. The highest BCUT2D eigenvalue weighted by atomic mass is 19.1. The Hall–Kier alpha value is -2.02. The molecule has 3 N–H and O–H groups in total. The lowest BCUT2D eigenvalue weighted by Gasteiger charge is -2.22. The summed E-state index contributed by atoms with van der Waals surface area (Å²) < 4.78 is 29.3. The van der Waals surface area contributed by atoms with Crippen molar-refractivity contribution in [3.63, 3.8) is 0 Å². The van der Waals surface area contributed by atoms with Crippen molar-refractivity contribution in [1.29, 1.82) is 0 Å². The van der Waals surface area contributed by atoms with Crippen LogP contribution in [0.4, 0.5) is 14.9 Å². The van der Waals surface area contributed by atoms with Gasteiger partial charge in [-0.2, -0.15) is 0 Å². The number of carbonyl (C=O) groups excluding carboxylic acids is 1. The Bertz CT molecular complexity index is 544. The standard InChI is InChI=1S/C16H25FN2O4/c1-10(23-15(20)19-16(2,3)4)8-22-9-11-6-13(18)14(21-5)7-12(11)17/h6-7,10H,8-9,18H2,1-5H3,(H,19,20)/t10-/m1/s1. The topological polar surface area (TPSA) is 82.8 Å². The first-order chi connectivity index (χ1) is 10.6. The lowest BCUT2D eigenvalue weighted by Crippen LogP contribution is -2.42. The number of hydrogen-bond acceptors (Lipinski definition) is 5. The van der Waals surface area contributed by atoms with Crippen molar-refractivity contribution < 1.29 is 23.4 Å². The molecule has 0 spiro atoms. The van der Waals surface area contributed by atoms with Gasteiger partial charge in [0.15, 0.2) is 0 Å². The normalized spacial score (nSPS) is 12.6. The number of halogens is 1. The molecule has 0 heterocycles. The first-order valence-electron chi connectivity index (χ1n) is 7.31. The van der Waals surface area contributed by atoms with E-state index in [0.717, 1.165) is 0 Å². The molecule has 0 aliphatic heterocycles. The first-order valence-corrected chi connectivity index (χ1v) is 7.31. The second-order valence-electron chi connectivity index (χ2n) is 6.29. The van der Waals surface area contributed by atoms with E-state index in [1.165, 1.54) is 19.2 Å². The fourth-order valence-corrected chi connectivity index (χ4v) is 1.79. The van der Waals surface area contributed by atoms with Gasteiger partial charge in [-0.05, 0) is 33.8 Å². The van der Waals surface area contributed by atoms with Gasteiger partial charge in [0.2, 0.25) is 0 Å². The van der Waals surface area contributed by atoms with Crippen molar-refractivity contribution in [2.24, 2.45) is 0 Å². The highest BCUT2D eigenvalue weighted by molar-refractivity contribution is 5.68. The van der Waals surface area contributed by atoms with Crippen LogP contribution in [-0.2, 0) is 16.1 Å². The number of amides is 1. The van der Waals surface area contributed by atoms with Crippen molar-refractivity contribution in [1.82, 2.24) is 5.32 Å². The van der Waals surface area contributed by atoms with Gasteiger partial charge in [-0.25, -0.2) is 9.18 Å². The van der Waals surface area contributed by atoms with Gasteiger partial charge in [-0.15, -0.1) is 0 Å². The number of methoxy groups -OCH3 is 1. The van der Waals surface area contributed by atoms with Crippen molar-refractivity contribution in [3.8, 4) is 5.75 Å². The summed E-state index contributed by atoms with van der Waals surface area (Å²) in [7, 11) is 1.42. The Balaban J connectivity index is 2.45. The van der Waals surface area contributed by atoms with Crippen LogP contribution in [0.15, 0.2) is 12.1 Å². The number of nitrogens with two attached hydrogens (primary N) is 1. The van der Waals surface area contributed by atoms with Crippen molar-refractivity contribution in [3.05, 3.63) is 23.5 Å². The highest BCUT2D eigenvalue weighted by Crippen LogP contribution is 2.25. The molecule has 0 aliphatic carbocycles. The number of carbonyl (C=O) groups is 1. The average molecular weight is 328 g/mol. The minimum Gasteiger partial charge on any atom is -0.494 e. The van der Waals surface area contributed by atoms with Crippen LogP contribution >= 0.6 is 0 Å². The zero-order valence-corrected chi connectivity index (χ0v) is 14.2. The molecular weight excluding hydrogens is 303 g/mol. The number of anilines is 1. The molecule has 0 saturated carbocycles. The first kappa shape index (κ1) is 19.0. The Morgan fingerprint density at radius 3 is 2.61 bits per heavy atom. The maximum absolute atomic E-state index is 13.8. The molecule has 130 valence electrons. The number of nitrogen functional groups attached to an aromatic ring is 1. The summed E-state index contributed by atoms with van der Waals surface area (Å²) >= 11 is 0. The van der Waals surface area contributed by atoms with Gasteiger partial charge >= 0.3 is 6.09 Å². The molecule has 1 aromatic rings. The van der Waals surface area contributed by atoms with Gasteiger partial charge in [0.05, 0.1) is 26.0 Å². The SMILES string of the molecule is COc1cc(F)c(COC[C@@H](C)OC(=O)NC(C)(C)C)cc1N. The summed E-state index contributed by atoms with van der Waals surface area (Å²) in [6.07, 6.45) is -0.982. The molecule has 7 heteroatoms. The third kappa shape index (κ3) is 6.73. The fraction of sp³-hybridized carbons (Fsp3) is 0.562. The maximum atomic E-state index is 13.8. The summed E-state index contributed by atoms with van der Waals surface area (Å²) in [5.74, 6) is -0.183. The van der Waals surface area contributed by atoms with Crippen LogP contribution < -0.4 is 15.8 Å². The molecule has 0 aliphatic rings. The minimum absolute atomic E-state index is 0.0224. The van der Waals surface area contributed by atoms with Gasteiger partial charge in [0.1, 0.15) is 17.7 Å². The Labute approximate surface area is 136 Å². The van der Waals surface area contributed by atoms with Crippen molar-refractivity contribution in [2.45, 2.75) is 45.9 Å². The van der Waals surface area contributed by atoms with E-state index in [1.807, 2.05) is 20.8 Å². The number of nitrogens with one attached hydrogen (secondary N) is 1. The van der Waals surface area contributed by atoms with Gasteiger partial charge in [-0.1, -0.05) is 0 Å². The highest BCUT2D eigenvalue weighted by Gasteiger charge is 2.17. The number of ether oxygens (including phenoxy) is 3. The molecule has 1 atom stereocenters. The number of alkyl carbamates (subject to hydrolysis) is 1. The molecule has 0 bridgehead atoms. The Morgan fingerprint density at radius 2 is 2.04 bits per heavy atom. The monoisotopic (exact) mass is 328 g/mol. The summed E-state index contributed by atoms with van der Waals surface area (Å²) in [6.45, 7) is 7.42. The largest absolute Gasteiger partial charge is 0.494 e.